The van der Waals surface area contributed by atoms with Gasteiger partial charge in [0.05, 0.1) is 81.8 Å². The van der Waals surface area contributed by atoms with Crippen molar-refractivity contribution in [3.63, 3.8) is 0 Å². The standard InChI is InChI=1S/C13H19N3O3.C12H17N3O3.3C12H17N3O2/c1-14-10-4-3-9-6-16(11(7-17)8-18)13(19)15(2)12(9)5-10;1-13-9-3-2-8-5-15(10(6-16)7-17)12(18)14-11(8)4-9;2*1-8(7-16)15-6-9-3-4-10(13-2)5-11(9)14-12(15)17;1-13-10-4-3-9-8-15(5-6-16)12(17)14(2)11(9)7-10/h3-5,11,14,17-18H,6-8H2,1-2H3;2-4,10,13,16-17H,5-7H2,1H3,(H,14,18);2*3-5,8,13,16H,6-7H2,1-2H3,(H,14,17);3-4,7,13,16H,5-6,8H2,1-2H3/t;;2*8-;/m..10./s1. The summed E-state index contributed by atoms with van der Waals surface area (Å²) in [6, 6.07) is 26.8. The molecule has 10 amide bonds. The molecule has 0 bridgehead atoms. The van der Waals surface area contributed by atoms with Gasteiger partial charge in [0.2, 0.25) is 0 Å². The Balaban J connectivity index is 0.000000176. The van der Waals surface area contributed by atoms with Crippen molar-refractivity contribution in [2.45, 2.75) is 70.7 Å². The van der Waals surface area contributed by atoms with Gasteiger partial charge in [0, 0.05) is 134 Å². The van der Waals surface area contributed by atoms with E-state index in [9.17, 15) is 34.2 Å². The molecule has 0 fully saturated rings. The van der Waals surface area contributed by atoms with Crippen LogP contribution in [0.5, 0.6) is 0 Å². The smallest absolute Gasteiger partial charge is 0.324 e. The normalized spacial score (nSPS) is 15.3. The number of aliphatic hydroxyl groups is 7. The van der Waals surface area contributed by atoms with E-state index in [1.165, 1.54) is 14.7 Å². The third-order valence-corrected chi connectivity index (χ3v) is 15.7. The van der Waals surface area contributed by atoms with Crippen molar-refractivity contribution in [2.75, 3.05) is 154 Å². The molecule has 0 saturated heterocycles. The molecule has 0 saturated carbocycles. The van der Waals surface area contributed by atoms with E-state index in [1.54, 1.807) is 33.7 Å². The van der Waals surface area contributed by atoms with E-state index in [0.29, 0.717) is 39.3 Å². The second-order valence-electron chi connectivity index (χ2n) is 21.3. The number of anilines is 10. The average molecular weight is 1220 g/mol. The minimum Gasteiger partial charge on any atom is -0.395 e. The highest BCUT2D eigenvalue weighted by molar-refractivity contribution is 5.97. The van der Waals surface area contributed by atoms with Gasteiger partial charge in [-0.15, -0.1) is 0 Å². The summed E-state index contributed by atoms with van der Waals surface area (Å²) in [6.45, 7) is 5.35. The number of carbonyl (C=O) groups excluding carboxylic acids is 5. The number of aliphatic hydroxyl groups excluding tert-OH is 7. The SMILES string of the molecule is CNc1ccc2c(c1)N(C)C(=O)N(C(CO)CO)C2.CNc1ccc2c(c1)N(C)C(=O)N(CCO)C2.CNc1ccc2c(c1)NC(=O)N(C(CO)CO)C2.CNc1ccc2c(c1)NC(=O)N([C@@H](C)CO)C2.CNc1ccc2c(c1)NC(=O)N([C@H](C)CO)C2. The summed E-state index contributed by atoms with van der Waals surface area (Å²) in [4.78, 5) is 70.8. The van der Waals surface area contributed by atoms with Crippen LogP contribution in [0.25, 0.3) is 0 Å². The first-order chi connectivity index (χ1) is 42.3. The van der Waals surface area contributed by atoms with Gasteiger partial charge in [-0.2, -0.15) is 0 Å². The summed E-state index contributed by atoms with van der Waals surface area (Å²) in [6.07, 6.45) is 0. The topological polar surface area (TPSA) is 346 Å². The number of β-amino-alcohol motifs (C(OH)–C–C–N with tert-alkyl or cyclic N) is 1. The number of carbonyl (C=O) groups is 5. The molecule has 27 heteroatoms. The molecule has 0 unspecified atom stereocenters. The minimum absolute atomic E-state index is 0.0104. The molecule has 0 aliphatic carbocycles. The molecule has 88 heavy (non-hydrogen) atoms. The Morgan fingerprint density at radius 3 is 1.06 bits per heavy atom. The molecule has 5 aromatic rings. The summed E-state index contributed by atoms with van der Waals surface area (Å²) in [5.74, 6) is 0. The Morgan fingerprint density at radius 2 is 0.705 bits per heavy atom. The van der Waals surface area contributed by atoms with Crippen LogP contribution in [-0.2, 0) is 32.7 Å². The number of nitrogens with one attached hydrogen (secondary N) is 8. The van der Waals surface area contributed by atoms with Crippen LogP contribution in [0.1, 0.15) is 41.7 Å². The van der Waals surface area contributed by atoms with E-state index in [4.69, 9.17) is 25.5 Å². The highest BCUT2D eigenvalue weighted by Gasteiger charge is 2.34. The highest BCUT2D eigenvalue weighted by Crippen LogP contribution is 2.34. The molecule has 27 nitrogen and oxygen atoms in total. The maximum absolute atomic E-state index is 12.3. The molecule has 15 N–H and O–H groups in total. The minimum atomic E-state index is -0.567. The van der Waals surface area contributed by atoms with Crippen LogP contribution in [0.15, 0.2) is 91.0 Å². The van der Waals surface area contributed by atoms with Gasteiger partial charge in [-0.3, -0.25) is 9.80 Å². The van der Waals surface area contributed by atoms with Crippen LogP contribution < -0.4 is 52.3 Å². The lowest BCUT2D eigenvalue weighted by Crippen LogP contribution is -2.52. The number of urea groups is 5. The summed E-state index contributed by atoms with van der Waals surface area (Å²) in [7, 11) is 12.6. The largest absolute Gasteiger partial charge is 0.395 e. The van der Waals surface area contributed by atoms with E-state index in [1.807, 2.05) is 140 Å². The second-order valence-corrected chi connectivity index (χ2v) is 21.3. The van der Waals surface area contributed by atoms with Gasteiger partial charge in [0.1, 0.15) is 0 Å². The van der Waals surface area contributed by atoms with Gasteiger partial charge < -0.3 is 103 Å². The van der Waals surface area contributed by atoms with Crippen molar-refractivity contribution >= 4 is 87.0 Å². The van der Waals surface area contributed by atoms with Crippen molar-refractivity contribution in [2.24, 2.45) is 0 Å². The fourth-order valence-electron chi connectivity index (χ4n) is 10.0. The van der Waals surface area contributed by atoms with Crippen LogP contribution in [-0.4, -0.2) is 217 Å². The number of amides is 10. The predicted octanol–water partition coefficient (Wildman–Crippen LogP) is 4.89. The Hall–Kier alpha value is -8.83. The maximum atomic E-state index is 12.3. The highest BCUT2D eigenvalue weighted by atomic mass is 16.3. The fraction of sp³-hybridized carbons (Fsp3) is 0.426. The number of hydrogen-bond donors (Lipinski definition) is 15. The molecule has 10 rings (SSSR count). The van der Waals surface area contributed by atoms with Crippen molar-refractivity contribution < 1.29 is 59.7 Å². The zero-order valence-corrected chi connectivity index (χ0v) is 51.5. The average Bonchev–Trinajstić information content (AvgIpc) is 2.93. The Bertz CT molecular complexity index is 3100. The van der Waals surface area contributed by atoms with E-state index in [2.05, 4.69) is 42.5 Å². The Morgan fingerprint density at radius 1 is 0.398 bits per heavy atom. The molecule has 5 heterocycles. The third-order valence-electron chi connectivity index (χ3n) is 15.7. The molecule has 5 aromatic carbocycles. The molecule has 5 aliphatic heterocycles. The molecular formula is C61H87N15O12. The Labute approximate surface area is 513 Å². The second kappa shape index (κ2) is 32.2. The number of rotatable bonds is 17. The predicted molar refractivity (Wildman–Crippen MR) is 343 cm³/mol. The summed E-state index contributed by atoms with van der Waals surface area (Å²) in [5, 5.41) is 87.5. The zero-order valence-electron chi connectivity index (χ0n) is 51.5. The van der Waals surface area contributed by atoms with E-state index in [0.717, 1.165) is 84.7 Å². The lowest BCUT2D eigenvalue weighted by Gasteiger charge is -2.38. The van der Waals surface area contributed by atoms with Crippen LogP contribution in [0.3, 0.4) is 0 Å². The fourth-order valence-corrected chi connectivity index (χ4v) is 10.0. The summed E-state index contributed by atoms with van der Waals surface area (Å²) >= 11 is 0. The van der Waals surface area contributed by atoms with Gasteiger partial charge in [-0.25, -0.2) is 24.0 Å². The molecule has 0 radical (unpaired) electrons. The molecular weight excluding hydrogens is 1130 g/mol. The summed E-state index contributed by atoms with van der Waals surface area (Å²) in [5.41, 5.74) is 14.2. The van der Waals surface area contributed by atoms with E-state index >= 15 is 0 Å². The van der Waals surface area contributed by atoms with Crippen molar-refractivity contribution in [1.29, 1.82) is 0 Å². The van der Waals surface area contributed by atoms with Gasteiger partial charge in [-0.05, 0) is 102 Å². The van der Waals surface area contributed by atoms with Gasteiger partial charge in [-0.1, -0.05) is 30.3 Å². The van der Waals surface area contributed by atoms with Crippen molar-refractivity contribution in [3.05, 3.63) is 119 Å². The first-order valence-electron chi connectivity index (χ1n) is 28.9. The summed E-state index contributed by atoms with van der Waals surface area (Å²) < 4.78 is 0. The molecule has 478 valence electrons. The van der Waals surface area contributed by atoms with Crippen LogP contribution in [0, 0.1) is 0 Å². The first-order valence-corrected chi connectivity index (χ1v) is 28.9. The lowest BCUT2D eigenvalue weighted by molar-refractivity contribution is 0.0878. The van der Waals surface area contributed by atoms with Crippen molar-refractivity contribution in [1.82, 2.24) is 24.5 Å². The molecule has 0 spiro atoms. The van der Waals surface area contributed by atoms with E-state index in [-0.39, 0.29) is 88.5 Å². The third kappa shape index (κ3) is 16.4. The van der Waals surface area contributed by atoms with Crippen LogP contribution in [0.2, 0.25) is 0 Å². The first kappa shape index (κ1) is 68.3. The number of hydrogen-bond acceptors (Lipinski definition) is 17. The monoisotopic (exact) mass is 1220 g/mol. The maximum Gasteiger partial charge on any atom is 0.324 e. The number of benzene rings is 5. The quantitative estimate of drug-likeness (QED) is 0.0589. The Kier molecular flexibility index (Phi) is 25.0. The lowest BCUT2D eigenvalue weighted by atomic mass is 10.1. The van der Waals surface area contributed by atoms with Gasteiger partial charge >= 0.3 is 30.2 Å². The van der Waals surface area contributed by atoms with Crippen LogP contribution >= 0.6 is 0 Å². The number of fused-ring (bicyclic) bond motifs is 5. The van der Waals surface area contributed by atoms with E-state index < -0.39 is 12.1 Å². The van der Waals surface area contributed by atoms with Gasteiger partial charge in [0.15, 0.2) is 0 Å². The van der Waals surface area contributed by atoms with Crippen molar-refractivity contribution in [3.8, 4) is 0 Å². The zero-order chi connectivity index (χ0) is 64.4. The molecule has 0 aromatic heterocycles. The van der Waals surface area contributed by atoms with Crippen LogP contribution in [0.4, 0.5) is 80.8 Å². The molecule has 5 aliphatic rings. The molecule has 2 atom stereocenters. The van der Waals surface area contributed by atoms with Gasteiger partial charge in [0.25, 0.3) is 0 Å². The number of nitrogens with zero attached hydrogens (tertiary/aromatic N) is 7.